The highest BCUT2D eigenvalue weighted by atomic mass is 32.2. The van der Waals surface area contributed by atoms with Gasteiger partial charge in [-0.05, 0) is 31.2 Å². The molecule has 3 rings (SSSR count). The molecule has 0 atom stereocenters. The molecular formula is C15H18N2O3S2. The van der Waals surface area contributed by atoms with Gasteiger partial charge in [0.1, 0.15) is 4.83 Å². The minimum Gasteiger partial charge on any atom is -0.468 e. The average molecular weight is 338 g/mol. The largest absolute Gasteiger partial charge is 0.468 e. The smallest absolute Gasteiger partial charge is 0.316 e. The number of esters is 1. The number of fused-ring (bicyclic) bond motifs is 3. The van der Waals surface area contributed by atoms with Crippen molar-refractivity contribution in [2.24, 2.45) is 0 Å². The maximum Gasteiger partial charge on any atom is 0.316 e. The Morgan fingerprint density at radius 1 is 1.45 bits per heavy atom. The van der Waals surface area contributed by atoms with E-state index in [-0.39, 0.29) is 17.3 Å². The van der Waals surface area contributed by atoms with Gasteiger partial charge in [-0.25, -0.2) is 4.98 Å². The summed E-state index contributed by atoms with van der Waals surface area (Å²) in [6, 6.07) is 0. The van der Waals surface area contributed by atoms with Gasteiger partial charge in [0.2, 0.25) is 0 Å². The summed E-state index contributed by atoms with van der Waals surface area (Å²) in [6.45, 7) is 2.65. The highest BCUT2D eigenvalue weighted by Crippen LogP contribution is 2.35. The predicted molar refractivity (Wildman–Crippen MR) is 88.9 cm³/mol. The number of methoxy groups -OCH3 is 1. The zero-order valence-electron chi connectivity index (χ0n) is 12.7. The molecule has 0 saturated carbocycles. The molecular weight excluding hydrogens is 320 g/mol. The van der Waals surface area contributed by atoms with E-state index in [9.17, 15) is 9.59 Å². The zero-order chi connectivity index (χ0) is 15.7. The fourth-order valence-corrected chi connectivity index (χ4v) is 4.93. The Kier molecular flexibility index (Phi) is 4.54. The molecule has 22 heavy (non-hydrogen) atoms. The van der Waals surface area contributed by atoms with Crippen molar-refractivity contribution >= 4 is 39.3 Å². The van der Waals surface area contributed by atoms with Crippen molar-refractivity contribution in [1.29, 1.82) is 0 Å². The molecule has 0 bridgehead atoms. The molecule has 1 aliphatic carbocycles. The molecule has 0 N–H and O–H groups in total. The van der Waals surface area contributed by atoms with Gasteiger partial charge in [-0.15, -0.1) is 11.3 Å². The van der Waals surface area contributed by atoms with Crippen LogP contribution in [0.1, 0.15) is 30.2 Å². The van der Waals surface area contributed by atoms with Gasteiger partial charge in [-0.3, -0.25) is 14.2 Å². The number of aromatic nitrogens is 2. The van der Waals surface area contributed by atoms with Gasteiger partial charge in [0, 0.05) is 11.4 Å². The summed E-state index contributed by atoms with van der Waals surface area (Å²) >= 11 is 2.90. The summed E-state index contributed by atoms with van der Waals surface area (Å²) in [5.41, 5.74) is 1.24. The van der Waals surface area contributed by atoms with Crippen LogP contribution in [0.5, 0.6) is 0 Å². The second-order valence-corrected chi connectivity index (χ2v) is 7.28. The SMILES string of the molecule is CCCn1c(SCC(=O)OC)nc2sc3c(c2c1=O)CCC3. The van der Waals surface area contributed by atoms with E-state index in [1.807, 2.05) is 6.92 Å². The molecule has 2 heterocycles. The Hall–Kier alpha value is -1.34. The lowest BCUT2D eigenvalue weighted by molar-refractivity contribution is -0.137. The van der Waals surface area contributed by atoms with E-state index in [4.69, 9.17) is 0 Å². The van der Waals surface area contributed by atoms with Gasteiger partial charge in [0.25, 0.3) is 5.56 Å². The molecule has 0 aromatic carbocycles. The summed E-state index contributed by atoms with van der Waals surface area (Å²) < 4.78 is 6.38. The van der Waals surface area contributed by atoms with E-state index < -0.39 is 0 Å². The molecule has 7 heteroatoms. The molecule has 0 saturated heterocycles. The highest BCUT2D eigenvalue weighted by Gasteiger charge is 2.23. The van der Waals surface area contributed by atoms with Crippen molar-refractivity contribution in [3.8, 4) is 0 Å². The first-order chi connectivity index (χ1) is 10.7. The second kappa shape index (κ2) is 6.42. The number of thiophene rings is 1. The van der Waals surface area contributed by atoms with Crippen LogP contribution in [0, 0.1) is 0 Å². The highest BCUT2D eigenvalue weighted by molar-refractivity contribution is 7.99. The fraction of sp³-hybridized carbons (Fsp3) is 0.533. The van der Waals surface area contributed by atoms with Crippen LogP contribution >= 0.6 is 23.1 Å². The standard InChI is InChI=1S/C15H18N2O3S2/c1-3-7-17-14(19)12-9-5-4-6-10(9)22-13(12)16-15(17)21-8-11(18)20-2/h3-8H2,1-2H3. The van der Waals surface area contributed by atoms with Gasteiger partial charge >= 0.3 is 5.97 Å². The molecule has 1 aliphatic rings. The van der Waals surface area contributed by atoms with Crippen molar-refractivity contribution in [1.82, 2.24) is 9.55 Å². The molecule has 0 amide bonds. The van der Waals surface area contributed by atoms with Gasteiger partial charge in [0.05, 0.1) is 18.2 Å². The lowest BCUT2D eigenvalue weighted by Gasteiger charge is -2.10. The van der Waals surface area contributed by atoms with Crippen LogP contribution in [0.3, 0.4) is 0 Å². The third-order valence-corrected chi connectivity index (χ3v) is 5.92. The van der Waals surface area contributed by atoms with Crippen LogP contribution in [-0.4, -0.2) is 28.4 Å². The minimum absolute atomic E-state index is 0.0404. The molecule has 2 aromatic heterocycles. The van der Waals surface area contributed by atoms with E-state index in [0.717, 1.165) is 35.9 Å². The van der Waals surface area contributed by atoms with Crippen LogP contribution in [-0.2, 0) is 28.9 Å². The summed E-state index contributed by atoms with van der Waals surface area (Å²) in [4.78, 5) is 31.0. The zero-order valence-corrected chi connectivity index (χ0v) is 14.3. The van der Waals surface area contributed by atoms with Gasteiger partial charge < -0.3 is 4.74 Å². The Labute approximate surface area is 136 Å². The monoisotopic (exact) mass is 338 g/mol. The topological polar surface area (TPSA) is 61.2 Å². The van der Waals surface area contributed by atoms with Crippen LogP contribution in [0.4, 0.5) is 0 Å². The summed E-state index contributed by atoms with van der Waals surface area (Å²) in [6.07, 6.45) is 4.01. The maximum atomic E-state index is 12.9. The van der Waals surface area contributed by atoms with Crippen LogP contribution in [0.25, 0.3) is 10.2 Å². The quantitative estimate of drug-likeness (QED) is 0.476. The number of carbonyl (C=O) groups excluding carboxylic acids is 1. The Morgan fingerprint density at radius 2 is 2.27 bits per heavy atom. The summed E-state index contributed by atoms with van der Waals surface area (Å²) in [7, 11) is 1.36. The van der Waals surface area contributed by atoms with Crippen LogP contribution in [0.15, 0.2) is 9.95 Å². The molecule has 0 aliphatic heterocycles. The van der Waals surface area contributed by atoms with E-state index in [0.29, 0.717) is 11.7 Å². The van der Waals surface area contributed by atoms with E-state index in [2.05, 4.69) is 9.72 Å². The third kappa shape index (κ3) is 2.67. The first kappa shape index (κ1) is 15.6. The number of nitrogens with zero attached hydrogens (tertiary/aromatic N) is 2. The Morgan fingerprint density at radius 3 is 3.00 bits per heavy atom. The second-order valence-electron chi connectivity index (χ2n) is 5.25. The minimum atomic E-state index is -0.309. The molecule has 0 radical (unpaired) electrons. The first-order valence-electron chi connectivity index (χ1n) is 7.40. The van der Waals surface area contributed by atoms with Crippen LogP contribution < -0.4 is 5.56 Å². The van der Waals surface area contributed by atoms with Crippen molar-refractivity contribution in [2.45, 2.75) is 44.3 Å². The number of ether oxygens (including phenoxy) is 1. The van der Waals surface area contributed by atoms with Gasteiger partial charge in [-0.2, -0.15) is 0 Å². The normalized spacial score (nSPS) is 13.5. The summed E-state index contributed by atoms with van der Waals surface area (Å²) in [5, 5.41) is 1.41. The lowest BCUT2D eigenvalue weighted by atomic mass is 10.2. The molecule has 0 fully saturated rings. The molecule has 118 valence electrons. The van der Waals surface area contributed by atoms with Crippen molar-refractivity contribution in [3.63, 3.8) is 0 Å². The first-order valence-corrected chi connectivity index (χ1v) is 9.20. The van der Waals surface area contributed by atoms with Crippen molar-refractivity contribution in [3.05, 3.63) is 20.8 Å². The number of thioether (sulfide) groups is 1. The third-order valence-electron chi connectivity index (χ3n) is 3.78. The van der Waals surface area contributed by atoms with Crippen LogP contribution in [0.2, 0.25) is 0 Å². The molecule has 5 nitrogen and oxygen atoms in total. The van der Waals surface area contributed by atoms with Gasteiger partial charge in [0.15, 0.2) is 5.16 Å². The van der Waals surface area contributed by atoms with Crippen molar-refractivity contribution < 1.29 is 9.53 Å². The maximum absolute atomic E-state index is 12.9. The van der Waals surface area contributed by atoms with E-state index in [1.165, 1.54) is 29.3 Å². The number of hydrogen-bond acceptors (Lipinski definition) is 6. The van der Waals surface area contributed by atoms with Crippen molar-refractivity contribution in [2.75, 3.05) is 12.9 Å². The Balaban J connectivity index is 2.09. The van der Waals surface area contributed by atoms with Gasteiger partial charge in [-0.1, -0.05) is 18.7 Å². The lowest BCUT2D eigenvalue weighted by Crippen LogP contribution is -2.23. The number of hydrogen-bond donors (Lipinski definition) is 0. The average Bonchev–Trinajstić information content (AvgIpc) is 3.08. The van der Waals surface area contributed by atoms with E-state index in [1.54, 1.807) is 15.9 Å². The summed E-state index contributed by atoms with van der Waals surface area (Å²) in [5.74, 6) is -0.139. The number of rotatable bonds is 5. The predicted octanol–water partition coefficient (Wildman–Crippen LogP) is 2.62. The Bertz CT molecular complexity index is 779. The molecule has 0 unspecified atom stereocenters. The number of aryl methyl sites for hydroxylation is 2. The fourth-order valence-electron chi connectivity index (χ4n) is 2.77. The number of carbonyl (C=O) groups is 1. The molecule has 0 spiro atoms. The van der Waals surface area contributed by atoms with E-state index >= 15 is 0 Å². The molecule has 2 aromatic rings.